The van der Waals surface area contributed by atoms with Gasteiger partial charge in [-0.25, -0.2) is 15.0 Å². The van der Waals surface area contributed by atoms with Crippen LogP contribution in [0.15, 0.2) is 223 Å². The summed E-state index contributed by atoms with van der Waals surface area (Å²) < 4.78 is 8.99. The molecule has 0 saturated heterocycles. The van der Waals surface area contributed by atoms with Gasteiger partial charge in [0.15, 0.2) is 17.5 Å². The molecule has 0 aliphatic heterocycles. The Morgan fingerprint density at radius 1 is 0.306 bits per heavy atom. The number of rotatable bonds is 7. The van der Waals surface area contributed by atoms with E-state index in [0.717, 1.165) is 88.7 Å². The molecule has 0 amide bonds. The number of para-hydroxylation sites is 3. The van der Waals surface area contributed by atoms with Gasteiger partial charge in [0.1, 0.15) is 11.2 Å². The summed E-state index contributed by atoms with van der Waals surface area (Å²) in [4.78, 5) is 15.5. The van der Waals surface area contributed by atoms with Crippen LogP contribution in [0.3, 0.4) is 0 Å². The van der Waals surface area contributed by atoms with Crippen LogP contribution in [0.4, 0.5) is 0 Å². The fourth-order valence-electron chi connectivity index (χ4n) is 8.94. The van der Waals surface area contributed by atoms with Crippen molar-refractivity contribution in [3.8, 4) is 73.2 Å². The number of aromatic nitrogens is 4. The zero-order valence-electron chi connectivity index (χ0n) is 33.5. The summed E-state index contributed by atoms with van der Waals surface area (Å²) in [5.74, 6) is 1.79. The molecule has 0 saturated carbocycles. The van der Waals surface area contributed by atoms with E-state index in [-0.39, 0.29) is 0 Å². The van der Waals surface area contributed by atoms with Crippen LogP contribution < -0.4 is 0 Å². The number of fused-ring (bicyclic) bond motifs is 6. The van der Waals surface area contributed by atoms with Gasteiger partial charge in [-0.1, -0.05) is 170 Å². The lowest BCUT2D eigenvalue weighted by Gasteiger charge is -2.15. The van der Waals surface area contributed by atoms with Crippen molar-refractivity contribution in [1.29, 1.82) is 0 Å². The van der Waals surface area contributed by atoms with Crippen molar-refractivity contribution in [2.45, 2.75) is 0 Å². The van der Waals surface area contributed by atoms with E-state index in [0.29, 0.717) is 17.5 Å². The van der Waals surface area contributed by atoms with Crippen molar-refractivity contribution in [2.24, 2.45) is 0 Å². The maximum absolute atomic E-state index is 6.61. The standard InChI is InChI=1S/C57H36N4O/c1-3-15-37(16-4-1)39-29-31-40(32-30-39)55-58-56(42-20-13-19-41(35-42)38-17-5-2-6-18-38)60-57(59-55)43-33-34-52-48(36-43)54-47(24-14-28-53(54)62-52)46-23-9-12-27-51(46)61-49-25-10-7-21-44(49)45-22-8-11-26-50(45)61/h1-36H. The first-order valence-corrected chi connectivity index (χ1v) is 20.8. The molecular formula is C57H36N4O. The Hall–Kier alpha value is -8.41. The highest BCUT2D eigenvalue weighted by Gasteiger charge is 2.20. The van der Waals surface area contributed by atoms with Gasteiger partial charge in [0.25, 0.3) is 0 Å². The molecule has 0 fully saturated rings. The highest BCUT2D eigenvalue weighted by molar-refractivity contribution is 6.15. The minimum atomic E-state index is 0.585. The second kappa shape index (κ2) is 14.7. The van der Waals surface area contributed by atoms with Crippen molar-refractivity contribution >= 4 is 43.7 Å². The highest BCUT2D eigenvalue weighted by Crippen LogP contribution is 2.42. The predicted molar refractivity (Wildman–Crippen MR) is 254 cm³/mol. The topological polar surface area (TPSA) is 56.7 Å². The Bertz CT molecular complexity index is 3570. The molecular weight excluding hydrogens is 757 g/mol. The van der Waals surface area contributed by atoms with Gasteiger partial charge in [-0.05, 0) is 76.3 Å². The molecule has 0 aliphatic rings. The number of hydrogen-bond acceptors (Lipinski definition) is 4. The van der Waals surface area contributed by atoms with E-state index in [1.165, 1.54) is 10.8 Å². The van der Waals surface area contributed by atoms with Crippen molar-refractivity contribution in [2.75, 3.05) is 0 Å². The van der Waals surface area contributed by atoms with Crippen LogP contribution in [-0.2, 0) is 0 Å². The fraction of sp³-hybridized carbons (Fsp3) is 0. The van der Waals surface area contributed by atoms with Crippen molar-refractivity contribution in [3.05, 3.63) is 218 Å². The maximum Gasteiger partial charge on any atom is 0.164 e. The molecule has 3 heterocycles. The summed E-state index contributed by atoms with van der Waals surface area (Å²) in [6.45, 7) is 0. The third-order valence-corrected chi connectivity index (χ3v) is 11.9. The smallest absolute Gasteiger partial charge is 0.164 e. The Kier molecular flexibility index (Phi) is 8.42. The zero-order valence-corrected chi connectivity index (χ0v) is 33.5. The second-order valence-electron chi connectivity index (χ2n) is 15.6. The minimum Gasteiger partial charge on any atom is -0.456 e. The normalized spacial score (nSPS) is 11.5. The highest BCUT2D eigenvalue weighted by atomic mass is 16.3. The Morgan fingerprint density at radius 2 is 0.790 bits per heavy atom. The summed E-state index contributed by atoms with van der Waals surface area (Å²) in [6.07, 6.45) is 0. The van der Waals surface area contributed by atoms with Crippen LogP contribution >= 0.6 is 0 Å². The zero-order chi connectivity index (χ0) is 41.0. The van der Waals surface area contributed by atoms with Crippen LogP contribution in [0.25, 0.3) is 117 Å². The van der Waals surface area contributed by atoms with Crippen LogP contribution in [0, 0.1) is 0 Å². The SMILES string of the molecule is c1ccc(-c2ccc(-c3nc(-c4cccc(-c5ccccc5)c4)nc(-c4ccc5oc6cccc(-c7ccccc7-n7c8ccccc8c8ccccc87)c6c5c4)n3)cc2)cc1. The molecule has 5 nitrogen and oxygen atoms in total. The van der Waals surface area contributed by atoms with Crippen LogP contribution in [0.2, 0.25) is 0 Å². The second-order valence-corrected chi connectivity index (χ2v) is 15.6. The average molecular weight is 793 g/mol. The van der Waals surface area contributed by atoms with Crippen LogP contribution in [0.1, 0.15) is 0 Å². The number of nitrogens with zero attached hydrogens (tertiary/aromatic N) is 4. The van der Waals surface area contributed by atoms with Crippen molar-refractivity contribution < 1.29 is 4.42 Å². The van der Waals surface area contributed by atoms with E-state index in [2.05, 4.69) is 205 Å². The lowest BCUT2D eigenvalue weighted by Crippen LogP contribution is -2.00. The first-order valence-electron chi connectivity index (χ1n) is 20.8. The maximum atomic E-state index is 6.61. The van der Waals surface area contributed by atoms with Gasteiger partial charge in [-0.3, -0.25) is 0 Å². The van der Waals surface area contributed by atoms with Gasteiger partial charge in [-0.2, -0.15) is 0 Å². The van der Waals surface area contributed by atoms with Crippen molar-refractivity contribution in [3.63, 3.8) is 0 Å². The van der Waals surface area contributed by atoms with E-state index >= 15 is 0 Å². The lowest BCUT2D eigenvalue weighted by atomic mass is 9.97. The lowest BCUT2D eigenvalue weighted by molar-refractivity contribution is 0.669. The summed E-state index contributed by atoms with van der Waals surface area (Å²) >= 11 is 0. The molecule has 0 aliphatic carbocycles. The molecule has 0 unspecified atom stereocenters. The van der Waals surface area contributed by atoms with Crippen molar-refractivity contribution in [1.82, 2.24) is 19.5 Å². The molecule has 12 aromatic rings. The molecule has 0 N–H and O–H groups in total. The first-order chi connectivity index (χ1) is 30.7. The van der Waals surface area contributed by atoms with E-state index in [9.17, 15) is 0 Å². The van der Waals surface area contributed by atoms with E-state index in [4.69, 9.17) is 19.4 Å². The van der Waals surface area contributed by atoms with Gasteiger partial charge >= 0.3 is 0 Å². The Balaban J connectivity index is 1.03. The number of furan rings is 1. The molecule has 62 heavy (non-hydrogen) atoms. The van der Waals surface area contributed by atoms with Gasteiger partial charge in [0, 0.05) is 43.8 Å². The van der Waals surface area contributed by atoms with Crippen LogP contribution in [0.5, 0.6) is 0 Å². The molecule has 5 heteroatoms. The molecule has 0 radical (unpaired) electrons. The van der Waals surface area contributed by atoms with Gasteiger partial charge in [0.05, 0.1) is 16.7 Å². The molecule has 0 bridgehead atoms. The molecule has 9 aromatic carbocycles. The fourth-order valence-corrected chi connectivity index (χ4v) is 8.94. The van der Waals surface area contributed by atoms with E-state index in [1.54, 1.807) is 0 Å². The first kappa shape index (κ1) is 35.5. The van der Waals surface area contributed by atoms with Gasteiger partial charge < -0.3 is 8.98 Å². The number of hydrogen-bond donors (Lipinski definition) is 0. The minimum absolute atomic E-state index is 0.585. The molecule has 3 aromatic heterocycles. The Morgan fingerprint density at radius 3 is 1.50 bits per heavy atom. The summed E-state index contributed by atoms with van der Waals surface area (Å²) in [6, 6.07) is 76.3. The number of benzene rings is 9. The molecule has 0 spiro atoms. The monoisotopic (exact) mass is 792 g/mol. The predicted octanol–water partition coefficient (Wildman–Crippen LogP) is 14.9. The molecule has 290 valence electrons. The third kappa shape index (κ3) is 6.06. The molecule has 0 atom stereocenters. The van der Waals surface area contributed by atoms with E-state index < -0.39 is 0 Å². The quantitative estimate of drug-likeness (QED) is 0.161. The largest absolute Gasteiger partial charge is 0.456 e. The van der Waals surface area contributed by atoms with Gasteiger partial charge in [0.2, 0.25) is 0 Å². The van der Waals surface area contributed by atoms with Gasteiger partial charge in [-0.15, -0.1) is 0 Å². The van der Waals surface area contributed by atoms with Crippen LogP contribution in [-0.4, -0.2) is 19.5 Å². The summed E-state index contributed by atoms with van der Waals surface area (Å²) in [7, 11) is 0. The average Bonchev–Trinajstić information content (AvgIpc) is 3.90. The molecule has 12 rings (SSSR count). The van der Waals surface area contributed by atoms with E-state index in [1.807, 2.05) is 18.2 Å². The summed E-state index contributed by atoms with van der Waals surface area (Å²) in [5.41, 5.74) is 14.5. The Labute approximate surface area is 357 Å². The third-order valence-electron chi connectivity index (χ3n) is 11.9. The summed E-state index contributed by atoms with van der Waals surface area (Å²) in [5, 5.41) is 4.49.